The molecule has 0 aliphatic rings. The Bertz CT molecular complexity index is 1110. The normalized spacial score (nSPS) is 11.7. The van der Waals surface area contributed by atoms with Crippen molar-refractivity contribution in [2.24, 2.45) is 0 Å². The van der Waals surface area contributed by atoms with Gasteiger partial charge in [0.25, 0.3) is 0 Å². The molecule has 0 atom stereocenters. The first-order valence-electron chi connectivity index (χ1n) is 21.5. The zero-order valence-corrected chi connectivity index (χ0v) is 33.8. The van der Waals surface area contributed by atoms with E-state index < -0.39 is 7.14 Å². The lowest BCUT2D eigenvalue weighted by atomic mass is 10.0. The van der Waals surface area contributed by atoms with Gasteiger partial charge in [-0.1, -0.05) is 228 Å². The van der Waals surface area contributed by atoms with Crippen molar-refractivity contribution in [3.63, 3.8) is 0 Å². The summed E-state index contributed by atoms with van der Waals surface area (Å²) in [6, 6.07) is 26.5. The van der Waals surface area contributed by atoms with Crippen molar-refractivity contribution < 1.29 is 4.57 Å². The number of unbranched alkanes of at least 4 members (excludes halogenated alkanes) is 21. The Labute approximate surface area is 310 Å². The van der Waals surface area contributed by atoms with Crippen LogP contribution in [0.2, 0.25) is 0 Å². The minimum Gasteiger partial charge on any atom is -0.309 e. The SMILES string of the molecule is CCCCCCCCCCc1ccc(P(=O)(c2ccc(CCCCCCCCCC)cc2)c2ccc(CCCCCCCCCC)cc2)cc1. The number of rotatable bonds is 30. The zero-order valence-electron chi connectivity index (χ0n) is 32.9. The maximum atomic E-state index is 15.4. The average molecular weight is 699 g/mol. The molecule has 2 heteroatoms. The van der Waals surface area contributed by atoms with Crippen LogP contribution in [0.1, 0.15) is 192 Å². The van der Waals surface area contributed by atoms with Crippen molar-refractivity contribution in [2.45, 2.75) is 194 Å². The Morgan fingerprint density at radius 3 is 0.720 bits per heavy atom. The monoisotopic (exact) mass is 699 g/mol. The van der Waals surface area contributed by atoms with Crippen LogP contribution in [0, 0.1) is 0 Å². The largest absolute Gasteiger partial charge is 0.309 e. The van der Waals surface area contributed by atoms with Crippen molar-refractivity contribution in [3.8, 4) is 0 Å². The van der Waals surface area contributed by atoms with E-state index in [-0.39, 0.29) is 0 Å². The van der Waals surface area contributed by atoms with Crippen molar-refractivity contribution in [1.82, 2.24) is 0 Å². The third-order valence-electron chi connectivity index (χ3n) is 10.9. The number of hydrogen-bond acceptors (Lipinski definition) is 1. The molecular weight excluding hydrogens is 624 g/mol. The van der Waals surface area contributed by atoms with Gasteiger partial charge >= 0.3 is 0 Å². The molecule has 278 valence electrons. The molecule has 0 radical (unpaired) electrons. The minimum absolute atomic E-state index is 0.962. The first-order valence-corrected chi connectivity index (χ1v) is 23.2. The highest BCUT2D eigenvalue weighted by atomic mass is 31.2. The number of aryl methyl sites for hydroxylation is 3. The van der Waals surface area contributed by atoms with Crippen LogP contribution in [0.3, 0.4) is 0 Å². The van der Waals surface area contributed by atoms with E-state index in [1.807, 2.05) is 0 Å². The molecule has 0 spiro atoms. The van der Waals surface area contributed by atoms with Crippen LogP contribution in [-0.2, 0) is 23.8 Å². The molecule has 0 unspecified atom stereocenters. The van der Waals surface area contributed by atoms with E-state index in [0.717, 1.165) is 35.2 Å². The van der Waals surface area contributed by atoms with Gasteiger partial charge < -0.3 is 4.57 Å². The van der Waals surface area contributed by atoms with Crippen molar-refractivity contribution in [3.05, 3.63) is 89.5 Å². The standard InChI is InChI=1S/C48H75OP/c1-4-7-10-13-16-19-22-25-28-43-31-37-46(38-32-43)50(49,47-39-33-44(34-40-47)29-26-23-20-17-14-11-8-5-2)48-41-35-45(36-42-48)30-27-24-21-18-15-12-9-6-3/h31-42H,4-30H2,1-3H3. The Morgan fingerprint density at radius 2 is 0.500 bits per heavy atom. The molecule has 0 aliphatic carbocycles. The van der Waals surface area contributed by atoms with Crippen LogP contribution >= 0.6 is 7.14 Å². The zero-order chi connectivity index (χ0) is 35.5. The quantitative estimate of drug-likeness (QED) is 0.0500. The molecule has 0 N–H and O–H groups in total. The van der Waals surface area contributed by atoms with Crippen LogP contribution in [0.4, 0.5) is 0 Å². The molecule has 0 aromatic heterocycles. The van der Waals surface area contributed by atoms with Gasteiger partial charge in [-0.15, -0.1) is 0 Å². The summed E-state index contributed by atoms with van der Waals surface area (Å²) < 4.78 is 15.4. The molecule has 0 saturated carbocycles. The fourth-order valence-electron chi connectivity index (χ4n) is 7.45. The first-order chi connectivity index (χ1) is 24.6. The molecule has 0 fully saturated rings. The molecule has 3 aromatic carbocycles. The summed E-state index contributed by atoms with van der Waals surface area (Å²) in [5.74, 6) is 0. The van der Waals surface area contributed by atoms with Crippen LogP contribution in [-0.4, -0.2) is 0 Å². The first kappa shape index (κ1) is 42.3. The number of hydrogen-bond donors (Lipinski definition) is 0. The van der Waals surface area contributed by atoms with Gasteiger partial charge in [0.05, 0.1) is 0 Å². The van der Waals surface area contributed by atoms with Crippen LogP contribution in [0.15, 0.2) is 72.8 Å². The summed E-state index contributed by atoms with van der Waals surface area (Å²) in [5, 5.41) is 2.89. The molecule has 0 heterocycles. The van der Waals surface area contributed by atoms with Gasteiger partial charge in [-0.3, -0.25) is 0 Å². The maximum Gasteiger partial charge on any atom is 0.171 e. The van der Waals surface area contributed by atoms with Crippen LogP contribution in [0.25, 0.3) is 0 Å². The highest BCUT2D eigenvalue weighted by Gasteiger charge is 2.29. The maximum absolute atomic E-state index is 15.4. The predicted molar refractivity (Wildman–Crippen MR) is 225 cm³/mol. The Balaban J connectivity index is 1.64. The van der Waals surface area contributed by atoms with Crippen molar-refractivity contribution in [1.29, 1.82) is 0 Å². The lowest BCUT2D eigenvalue weighted by molar-refractivity contribution is 0.575. The van der Waals surface area contributed by atoms with E-state index in [4.69, 9.17) is 0 Å². The van der Waals surface area contributed by atoms with E-state index in [1.54, 1.807) is 0 Å². The van der Waals surface area contributed by atoms with Crippen molar-refractivity contribution in [2.75, 3.05) is 0 Å². The second-order valence-corrected chi connectivity index (χ2v) is 18.1. The van der Waals surface area contributed by atoms with E-state index in [9.17, 15) is 0 Å². The van der Waals surface area contributed by atoms with E-state index >= 15 is 4.57 Å². The summed E-state index contributed by atoms with van der Waals surface area (Å²) in [6.45, 7) is 6.86. The number of benzene rings is 3. The van der Waals surface area contributed by atoms with Crippen LogP contribution < -0.4 is 15.9 Å². The van der Waals surface area contributed by atoms with Gasteiger partial charge in [-0.25, -0.2) is 0 Å². The van der Waals surface area contributed by atoms with Gasteiger partial charge in [0.2, 0.25) is 0 Å². The second kappa shape index (κ2) is 26.6. The Kier molecular flexibility index (Phi) is 22.5. The van der Waals surface area contributed by atoms with Crippen LogP contribution in [0.5, 0.6) is 0 Å². The molecule has 3 rings (SSSR count). The van der Waals surface area contributed by atoms with Gasteiger partial charge in [0, 0.05) is 15.9 Å². The molecule has 0 saturated heterocycles. The fourth-order valence-corrected chi connectivity index (χ4v) is 10.1. The minimum atomic E-state index is -2.99. The highest BCUT2D eigenvalue weighted by Crippen LogP contribution is 2.42. The molecule has 3 aromatic rings. The lowest BCUT2D eigenvalue weighted by Gasteiger charge is -2.21. The second-order valence-electron chi connectivity index (χ2n) is 15.3. The van der Waals surface area contributed by atoms with Gasteiger partial charge in [-0.2, -0.15) is 0 Å². The van der Waals surface area contributed by atoms with Gasteiger partial charge in [0.15, 0.2) is 7.14 Å². The summed E-state index contributed by atoms with van der Waals surface area (Å²) in [4.78, 5) is 0. The summed E-state index contributed by atoms with van der Waals surface area (Å²) in [5.41, 5.74) is 4.10. The Morgan fingerprint density at radius 1 is 0.300 bits per heavy atom. The van der Waals surface area contributed by atoms with Crippen molar-refractivity contribution >= 4 is 23.1 Å². The molecule has 0 amide bonds. The molecule has 50 heavy (non-hydrogen) atoms. The summed E-state index contributed by atoms with van der Waals surface area (Å²) in [7, 11) is -2.99. The van der Waals surface area contributed by atoms with E-state index in [0.29, 0.717) is 0 Å². The lowest BCUT2D eigenvalue weighted by Crippen LogP contribution is -2.25. The molecule has 0 aliphatic heterocycles. The summed E-state index contributed by atoms with van der Waals surface area (Å²) >= 11 is 0. The average Bonchev–Trinajstić information content (AvgIpc) is 3.15. The summed E-state index contributed by atoms with van der Waals surface area (Å²) in [6.07, 6.45) is 35.6. The third-order valence-corrected chi connectivity index (χ3v) is 13.9. The van der Waals surface area contributed by atoms with Gasteiger partial charge in [0.1, 0.15) is 0 Å². The van der Waals surface area contributed by atoms with E-state index in [1.165, 1.54) is 171 Å². The van der Waals surface area contributed by atoms with Gasteiger partial charge in [-0.05, 0) is 55.2 Å². The molecule has 0 bridgehead atoms. The smallest absolute Gasteiger partial charge is 0.171 e. The topological polar surface area (TPSA) is 17.1 Å². The molecule has 1 nitrogen and oxygen atoms in total. The third kappa shape index (κ3) is 16.1. The van der Waals surface area contributed by atoms with E-state index in [2.05, 4.69) is 93.6 Å². The molecular formula is C48H75OP. The fraction of sp³-hybridized carbons (Fsp3) is 0.625. The Hall–Kier alpha value is -2.11. The predicted octanol–water partition coefficient (Wildman–Crippen LogP) is 14.4. The highest BCUT2D eigenvalue weighted by molar-refractivity contribution is 7.85.